The molecule has 0 aliphatic heterocycles. The second kappa shape index (κ2) is 6.59. The lowest BCUT2D eigenvalue weighted by Crippen LogP contribution is -2.19. The highest BCUT2D eigenvalue weighted by atomic mass is 35.5. The Kier molecular flexibility index (Phi) is 4.51. The predicted octanol–water partition coefficient (Wildman–Crippen LogP) is 4.70. The number of aryl methyl sites for hydroxylation is 1. The van der Waals surface area contributed by atoms with E-state index in [0.717, 1.165) is 10.9 Å². The fourth-order valence-corrected chi connectivity index (χ4v) is 2.69. The standard InChI is InChI=1S/C17H12ClFN2O2S/c1-9-6-16(22)23-15-8-11(2-4-12(9)15)21-17(24)20-10-3-5-14(19)13(18)7-10/h2-8H,1H3,(H2,20,21,24). The Morgan fingerprint density at radius 1 is 1.12 bits per heavy atom. The summed E-state index contributed by atoms with van der Waals surface area (Å²) < 4.78 is 18.3. The maximum Gasteiger partial charge on any atom is 0.336 e. The Morgan fingerprint density at radius 2 is 1.79 bits per heavy atom. The predicted molar refractivity (Wildman–Crippen MR) is 98.5 cm³/mol. The van der Waals surface area contributed by atoms with Crippen molar-refractivity contribution in [3.63, 3.8) is 0 Å². The average Bonchev–Trinajstić information content (AvgIpc) is 2.50. The zero-order chi connectivity index (χ0) is 17.3. The van der Waals surface area contributed by atoms with E-state index in [4.69, 9.17) is 28.2 Å². The number of hydrogen-bond donors (Lipinski definition) is 2. The maximum absolute atomic E-state index is 13.2. The zero-order valence-corrected chi connectivity index (χ0v) is 14.1. The minimum absolute atomic E-state index is 0.00533. The van der Waals surface area contributed by atoms with Crippen molar-refractivity contribution in [2.45, 2.75) is 6.92 Å². The van der Waals surface area contributed by atoms with Crippen LogP contribution < -0.4 is 16.3 Å². The van der Waals surface area contributed by atoms with Crippen LogP contribution in [-0.4, -0.2) is 5.11 Å². The van der Waals surface area contributed by atoms with Crippen LogP contribution in [0.1, 0.15) is 5.56 Å². The Balaban J connectivity index is 1.80. The number of rotatable bonds is 2. The van der Waals surface area contributed by atoms with Crippen LogP contribution in [0, 0.1) is 12.7 Å². The highest BCUT2D eigenvalue weighted by Crippen LogP contribution is 2.22. The minimum Gasteiger partial charge on any atom is -0.423 e. The van der Waals surface area contributed by atoms with E-state index in [9.17, 15) is 9.18 Å². The van der Waals surface area contributed by atoms with Gasteiger partial charge in [0.05, 0.1) is 5.02 Å². The van der Waals surface area contributed by atoms with Crippen molar-refractivity contribution in [1.29, 1.82) is 0 Å². The Bertz CT molecular complexity index is 1000. The molecular weight excluding hydrogens is 351 g/mol. The molecule has 0 saturated heterocycles. The summed E-state index contributed by atoms with van der Waals surface area (Å²) >= 11 is 10.9. The first-order valence-corrected chi connectivity index (χ1v) is 7.78. The summed E-state index contributed by atoms with van der Waals surface area (Å²) in [5.74, 6) is -0.499. The number of nitrogens with one attached hydrogen (secondary N) is 2. The molecule has 0 fully saturated rings. The number of halogens is 2. The fourth-order valence-electron chi connectivity index (χ4n) is 2.27. The molecule has 122 valence electrons. The van der Waals surface area contributed by atoms with Gasteiger partial charge in [0.25, 0.3) is 0 Å². The molecule has 0 radical (unpaired) electrons. The van der Waals surface area contributed by atoms with E-state index in [0.29, 0.717) is 22.1 Å². The molecule has 0 aliphatic carbocycles. The molecule has 24 heavy (non-hydrogen) atoms. The first-order chi connectivity index (χ1) is 11.4. The first kappa shape index (κ1) is 16.4. The van der Waals surface area contributed by atoms with Gasteiger partial charge in [0.1, 0.15) is 11.4 Å². The quantitative estimate of drug-likeness (QED) is 0.511. The van der Waals surface area contributed by atoms with Crippen molar-refractivity contribution < 1.29 is 8.81 Å². The van der Waals surface area contributed by atoms with E-state index in [1.165, 1.54) is 24.3 Å². The fraction of sp³-hybridized carbons (Fsp3) is 0.0588. The van der Waals surface area contributed by atoms with Crippen molar-refractivity contribution in [3.8, 4) is 0 Å². The van der Waals surface area contributed by atoms with Crippen LogP contribution in [-0.2, 0) is 0 Å². The van der Waals surface area contributed by atoms with Gasteiger partial charge >= 0.3 is 5.63 Å². The molecule has 3 rings (SSSR count). The summed E-state index contributed by atoms with van der Waals surface area (Å²) in [5.41, 5.74) is 2.12. The molecule has 4 nitrogen and oxygen atoms in total. The number of anilines is 2. The van der Waals surface area contributed by atoms with Crippen LogP contribution in [0.5, 0.6) is 0 Å². The maximum atomic E-state index is 13.2. The van der Waals surface area contributed by atoms with Gasteiger partial charge < -0.3 is 15.1 Å². The molecule has 2 aromatic carbocycles. The smallest absolute Gasteiger partial charge is 0.336 e. The van der Waals surface area contributed by atoms with Crippen LogP contribution in [0.4, 0.5) is 15.8 Å². The number of hydrogen-bond acceptors (Lipinski definition) is 3. The van der Waals surface area contributed by atoms with Gasteiger partial charge in [-0.25, -0.2) is 9.18 Å². The highest BCUT2D eigenvalue weighted by Gasteiger charge is 2.06. The zero-order valence-electron chi connectivity index (χ0n) is 12.5. The summed E-state index contributed by atoms with van der Waals surface area (Å²) in [7, 11) is 0. The van der Waals surface area contributed by atoms with Crippen LogP contribution in [0.2, 0.25) is 5.02 Å². The SMILES string of the molecule is Cc1cc(=O)oc2cc(NC(=S)Nc3ccc(F)c(Cl)c3)ccc12. The van der Waals surface area contributed by atoms with Gasteiger partial charge in [0.2, 0.25) is 0 Å². The van der Waals surface area contributed by atoms with E-state index < -0.39 is 11.4 Å². The van der Waals surface area contributed by atoms with Crippen LogP contribution in [0.3, 0.4) is 0 Å². The van der Waals surface area contributed by atoms with E-state index in [-0.39, 0.29) is 5.02 Å². The van der Waals surface area contributed by atoms with Gasteiger partial charge in [-0.1, -0.05) is 11.6 Å². The number of thiocarbonyl (C=S) groups is 1. The molecule has 0 unspecified atom stereocenters. The number of fused-ring (bicyclic) bond motifs is 1. The number of benzene rings is 2. The van der Waals surface area contributed by atoms with Gasteiger partial charge in [-0.3, -0.25) is 0 Å². The van der Waals surface area contributed by atoms with E-state index >= 15 is 0 Å². The molecule has 0 bridgehead atoms. The Hall–Kier alpha value is -2.44. The summed E-state index contributed by atoms with van der Waals surface area (Å²) in [6.07, 6.45) is 0. The molecule has 1 heterocycles. The van der Waals surface area contributed by atoms with Crippen molar-refractivity contribution in [2.75, 3.05) is 10.6 Å². The summed E-state index contributed by atoms with van der Waals surface area (Å²) in [5, 5.41) is 7.04. The molecule has 0 aliphatic rings. The third-order valence-corrected chi connectivity index (χ3v) is 3.88. The topological polar surface area (TPSA) is 54.3 Å². The van der Waals surface area contributed by atoms with Crippen LogP contribution in [0.25, 0.3) is 11.0 Å². The molecule has 1 aromatic heterocycles. The van der Waals surface area contributed by atoms with Crippen molar-refractivity contribution in [3.05, 3.63) is 69.3 Å². The molecule has 0 spiro atoms. The van der Waals surface area contributed by atoms with Crippen molar-refractivity contribution in [2.24, 2.45) is 0 Å². The lowest BCUT2D eigenvalue weighted by atomic mass is 10.1. The molecular formula is C17H12ClFN2O2S. The second-order valence-corrected chi connectivity index (χ2v) is 5.98. The Morgan fingerprint density at radius 3 is 2.50 bits per heavy atom. The van der Waals surface area contributed by atoms with E-state index in [1.54, 1.807) is 6.07 Å². The molecule has 0 atom stereocenters. The summed E-state index contributed by atoms with van der Waals surface area (Å²) in [6, 6.07) is 11.0. The summed E-state index contributed by atoms with van der Waals surface area (Å²) in [4.78, 5) is 11.5. The molecule has 2 N–H and O–H groups in total. The lowest BCUT2D eigenvalue weighted by molar-refractivity contribution is 0.560. The minimum atomic E-state index is -0.499. The van der Waals surface area contributed by atoms with Gasteiger partial charge in [-0.2, -0.15) is 0 Å². The molecule has 3 aromatic rings. The largest absolute Gasteiger partial charge is 0.423 e. The monoisotopic (exact) mass is 362 g/mol. The van der Waals surface area contributed by atoms with Crippen LogP contribution >= 0.6 is 23.8 Å². The lowest BCUT2D eigenvalue weighted by Gasteiger charge is -2.11. The van der Waals surface area contributed by atoms with Gasteiger partial charge in [-0.15, -0.1) is 0 Å². The second-order valence-electron chi connectivity index (χ2n) is 5.17. The third-order valence-electron chi connectivity index (χ3n) is 3.39. The molecule has 7 heteroatoms. The van der Waals surface area contributed by atoms with E-state index in [2.05, 4.69) is 10.6 Å². The van der Waals surface area contributed by atoms with E-state index in [1.807, 2.05) is 19.1 Å². The van der Waals surface area contributed by atoms with Crippen LogP contribution in [0.15, 0.2) is 51.7 Å². The third kappa shape index (κ3) is 3.55. The average molecular weight is 363 g/mol. The molecule has 0 saturated carbocycles. The van der Waals surface area contributed by atoms with Gasteiger partial charge in [0, 0.05) is 28.9 Å². The van der Waals surface area contributed by atoms with Gasteiger partial charge in [-0.05, 0) is 55.0 Å². The van der Waals surface area contributed by atoms with Gasteiger partial charge in [0.15, 0.2) is 5.11 Å². The van der Waals surface area contributed by atoms with Crippen molar-refractivity contribution >= 4 is 51.3 Å². The molecule has 0 amide bonds. The normalized spacial score (nSPS) is 10.6. The highest BCUT2D eigenvalue weighted by molar-refractivity contribution is 7.80. The summed E-state index contributed by atoms with van der Waals surface area (Å²) in [6.45, 7) is 1.84. The van der Waals surface area contributed by atoms with Crippen molar-refractivity contribution in [1.82, 2.24) is 0 Å². The Labute approximate surface area is 147 Å². The first-order valence-electron chi connectivity index (χ1n) is 7.00.